The van der Waals surface area contributed by atoms with Gasteiger partial charge in [-0.3, -0.25) is 0 Å². The van der Waals surface area contributed by atoms with Crippen LogP contribution < -0.4 is 0 Å². The maximum absolute atomic E-state index is 8.68. The van der Waals surface area contributed by atoms with Gasteiger partial charge in [0.15, 0.2) is 0 Å². The van der Waals surface area contributed by atoms with Crippen LogP contribution in [0, 0.1) is 11.3 Å². The van der Waals surface area contributed by atoms with Crippen LogP contribution in [0.2, 0.25) is 0 Å². The van der Waals surface area contributed by atoms with Crippen LogP contribution in [0.5, 0.6) is 0 Å². The van der Waals surface area contributed by atoms with Gasteiger partial charge in [0.2, 0.25) is 0 Å². The second kappa shape index (κ2) is 3.44. The minimum absolute atomic E-state index is 0.363. The van der Waals surface area contributed by atoms with Crippen molar-refractivity contribution in [2.75, 3.05) is 7.11 Å². The molecule has 0 atom stereocenters. The van der Waals surface area contributed by atoms with E-state index < -0.39 is 0 Å². The van der Waals surface area contributed by atoms with Crippen molar-refractivity contribution in [3.8, 4) is 6.07 Å². The maximum Gasteiger partial charge on any atom is 0.141 e. The summed E-state index contributed by atoms with van der Waals surface area (Å²) in [4.78, 5) is 0. The average Bonchev–Trinajstić information content (AvgIpc) is 2.61. The summed E-state index contributed by atoms with van der Waals surface area (Å²) < 4.78 is 6.58. The van der Waals surface area contributed by atoms with Gasteiger partial charge in [0.05, 0.1) is 17.1 Å². The van der Waals surface area contributed by atoms with Crippen LogP contribution in [-0.2, 0) is 11.5 Å². The third-order valence-electron chi connectivity index (χ3n) is 1.89. The fourth-order valence-electron chi connectivity index (χ4n) is 1.26. The van der Waals surface area contributed by atoms with Gasteiger partial charge >= 0.3 is 0 Å². The molecule has 5 nitrogen and oxygen atoms in total. The zero-order chi connectivity index (χ0) is 9.97. The Kier molecular flexibility index (Phi) is 2.13. The lowest BCUT2D eigenvalue weighted by molar-refractivity contribution is 0.122. The highest BCUT2D eigenvalue weighted by molar-refractivity contribution is 5.75. The third kappa shape index (κ3) is 1.32. The first kappa shape index (κ1) is 8.66. The summed E-state index contributed by atoms with van der Waals surface area (Å²) in [5.41, 5.74) is 2.16. The molecule has 1 aromatic carbocycles. The van der Waals surface area contributed by atoms with E-state index in [1.54, 1.807) is 23.9 Å². The molecule has 1 aromatic heterocycles. The summed E-state index contributed by atoms with van der Waals surface area (Å²) in [6, 6.07) is 7.30. The summed E-state index contributed by atoms with van der Waals surface area (Å²) in [6.45, 7) is 0.363. The number of nitrogens with zero attached hydrogens (tertiary/aromatic N) is 4. The zero-order valence-corrected chi connectivity index (χ0v) is 7.64. The number of rotatable bonds is 2. The minimum Gasteiger partial charge on any atom is -0.362 e. The highest BCUT2D eigenvalue weighted by Crippen LogP contribution is 2.12. The first-order valence-corrected chi connectivity index (χ1v) is 4.07. The fourth-order valence-corrected chi connectivity index (χ4v) is 1.26. The normalized spacial score (nSPS) is 10.3. The largest absolute Gasteiger partial charge is 0.362 e. The van der Waals surface area contributed by atoms with Gasteiger partial charge in [-0.05, 0) is 18.2 Å². The summed E-state index contributed by atoms with van der Waals surface area (Å²) in [6.07, 6.45) is 0. The summed E-state index contributed by atoms with van der Waals surface area (Å²) in [5, 5.41) is 16.5. The van der Waals surface area contributed by atoms with Crippen molar-refractivity contribution in [3.05, 3.63) is 23.8 Å². The molecule has 0 saturated heterocycles. The molecule has 0 N–H and O–H groups in total. The number of hydrogen-bond donors (Lipinski definition) is 0. The summed E-state index contributed by atoms with van der Waals surface area (Å²) in [5.74, 6) is 0. The Balaban J connectivity index is 2.55. The number of methoxy groups -OCH3 is 1. The van der Waals surface area contributed by atoms with E-state index in [0.29, 0.717) is 17.8 Å². The second-order valence-electron chi connectivity index (χ2n) is 2.82. The molecule has 0 unspecified atom stereocenters. The fraction of sp³-hybridized carbons (Fsp3) is 0.222. The monoisotopic (exact) mass is 188 g/mol. The van der Waals surface area contributed by atoms with Crippen LogP contribution in [-0.4, -0.2) is 22.1 Å². The molecule has 0 aliphatic heterocycles. The predicted molar refractivity (Wildman–Crippen MR) is 49.3 cm³/mol. The van der Waals surface area contributed by atoms with E-state index in [0.717, 1.165) is 5.52 Å². The van der Waals surface area contributed by atoms with Crippen molar-refractivity contribution in [3.63, 3.8) is 0 Å². The molecular weight excluding hydrogens is 180 g/mol. The van der Waals surface area contributed by atoms with Gasteiger partial charge in [0.1, 0.15) is 12.2 Å². The van der Waals surface area contributed by atoms with Crippen LogP contribution in [0.1, 0.15) is 5.56 Å². The van der Waals surface area contributed by atoms with Gasteiger partial charge in [-0.15, -0.1) is 5.10 Å². The number of fused-ring (bicyclic) bond motifs is 1. The maximum atomic E-state index is 8.68. The van der Waals surface area contributed by atoms with Crippen LogP contribution in [0.15, 0.2) is 18.2 Å². The van der Waals surface area contributed by atoms with E-state index >= 15 is 0 Å². The standard InChI is InChI=1S/C9H8N4O/c1-14-6-13-9-3-2-7(5-10)4-8(9)11-12-13/h2-4H,6H2,1H3. The molecule has 70 valence electrons. The first-order chi connectivity index (χ1) is 6.85. The molecule has 0 spiro atoms. The second-order valence-corrected chi connectivity index (χ2v) is 2.82. The molecule has 14 heavy (non-hydrogen) atoms. The van der Waals surface area contributed by atoms with Crippen molar-refractivity contribution in [2.24, 2.45) is 0 Å². The molecule has 0 aliphatic carbocycles. The van der Waals surface area contributed by atoms with Gasteiger partial charge in [-0.1, -0.05) is 5.21 Å². The molecular formula is C9H8N4O. The van der Waals surface area contributed by atoms with E-state index in [1.165, 1.54) is 0 Å². The number of benzene rings is 1. The number of hydrogen-bond acceptors (Lipinski definition) is 4. The zero-order valence-electron chi connectivity index (χ0n) is 7.64. The van der Waals surface area contributed by atoms with Gasteiger partial charge in [0, 0.05) is 7.11 Å². The highest BCUT2D eigenvalue weighted by Gasteiger charge is 2.03. The Morgan fingerprint density at radius 3 is 3.14 bits per heavy atom. The molecule has 0 radical (unpaired) electrons. The van der Waals surface area contributed by atoms with E-state index in [-0.39, 0.29) is 0 Å². The SMILES string of the molecule is COCn1nnc2cc(C#N)ccc21. The molecule has 0 saturated carbocycles. The molecule has 0 aliphatic rings. The lowest BCUT2D eigenvalue weighted by Gasteiger charge is -1.98. The Hall–Kier alpha value is -1.93. The van der Waals surface area contributed by atoms with E-state index in [4.69, 9.17) is 10.00 Å². The molecule has 0 fully saturated rings. The number of aromatic nitrogens is 3. The smallest absolute Gasteiger partial charge is 0.141 e. The molecule has 0 bridgehead atoms. The van der Waals surface area contributed by atoms with Crippen molar-refractivity contribution in [1.82, 2.24) is 15.0 Å². The molecule has 5 heteroatoms. The van der Waals surface area contributed by atoms with Crippen LogP contribution in [0.3, 0.4) is 0 Å². The third-order valence-corrected chi connectivity index (χ3v) is 1.89. The Labute approximate surface area is 80.5 Å². The van der Waals surface area contributed by atoms with Crippen molar-refractivity contribution >= 4 is 11.0 Å². The lowest BCUT2D eigenvalue weighted by Crippen LogP contribution is -2.01. The van der Waals surface area contributed by atoms with Crippen molar-refractivity contribution < 1.29 is 4.74 Å². The molecule has 1 heterocycles. The van der Waals surface area contributed by atoms with Crippen molar-refractivity contribution in [2.45, 2.75) is 6.73 Å². The Morgan fingerprint density at radius 1 is 1.57 bits per heavy atom. The lowest BCUT2D eigenvalue weighted by atomic mass is 10.2. The Bertz CT molecular complexity index is 497. The first-order valence-electron chi connectivity index (χ1n) is 4.07. The van der Waals surface area contributed by atoms with E-state index in [9.17, 15) is 0 Å². The van der Waals surface area contributed by atoms with Crippen LogP contribution >= 0.6 is 0 Å². The molecule has 2 rings (SSSR count). The quantitative estimate of drug-likeness (QED) is 0.702. The Morgan fingerprint density at radius 2 is 2.43 bits per heavy atom. The van der Waals surface area contributed by atoms with E-state index in [1.807, 2.05) is 6.07 Å². The van der Waals surface area contributed by atoms with Gasteiger partial charge in [0.25, 0.3) is 0 Å². The number of ether oxygens (including phenoxy) is 1. The number of nitriles is 1. The van der Waals surface area contributed by atoms with Crippen LogP contribution in [0.25, 0.3) is 11.0 Å². The van der Waals surface area contributed by atoms with Gasteiger partial charge < -0.3 is 4.74 Å². The molecule has 2 aromatic rings. The predicted octanol–water partition coefficient (Wildman–Crippen LogP) is 0.907. The topological polar surface area (TPSA) is 63.7 Å². The summed E-state index contributed by atoms with van der Waals surface area (Å²) in [7, 11) is 1.59. The molecule has 0 amide bonds. The minimum atomic E-state index is 0.363. The van der Waals surface area contributed by atoms with Crippen molar-refractivity contribution in [1.29, 1.82) is 5.26 Å². The van der Waals surface area contributed by atoms with Gasteiger partial charge in [-0.25, -0.2) is 4.68 Å². The van der Waals surface area contributed by atoms with E-state index in [2.05, 4.69) is 16.4 Å². The highest BCUT2D eigenvalue weighted by atomic mass is 16.5. The van der Waals surface area contributed by atoms with Crippen LogP contribution in [0.4, 0.5) is 0 Å². The average molecular weight is 188 g/mol. The summed E-state index contributed by atoms with van der Waals surface area (Å²) >= 11 is 0. The van der Waals surface area contributed by atoms with Gasteiger partial charge in [-0.2, -0.15) is 5.26 Å².